The molecule has 8 nitrogen and oxygen atoms in total. The van der Waals surface area contributed by atoms with E-state index in [1.165, 1.54) is 30.7 Å². The molecule has 0 unspecified atom stereocenters. The van der Waals surface area contributed by atoms with Gasteiger partial charge in [0.2, 0.25) is 11.9 Å². The second kappa shape index (κ2) is 7.42. The molecule has 1 amide bonds. The lowest BCUT2D eigenvalue weighted by Crippen LogP contribution is -2.36. The molecule has 1 aliphatic heterocycles. The number of piperidine rings is 1. The first-order valence-electron chi connectivity index (χ1n) is 7.35. The highest BCUT2D eigenvalue weighted by atomic mass is 32.2. The summed E-state index contributed by atoms with van der Waals surface area (Å²) in [6.45, 7) is 2.21. The Kier molecular flexibility index (Phi) is 5.56. The molecule has 23 heavy (non-hydrogen) atoms. The smallest absolute Gasteiger partial charge is 0.285 e. The molecule has 2 rings (SSSR count). The van der Waals surface area contributed by atoms with Gasteiger partial charge in [0.1, 0.15) is 0 Å². The van der Waals surface area contributed by atoms with E-state index in [-0.39, 0.29) is 10.8 Å². The molecule has 126 valence electrons. The Morgan fingerprint density at radius 2 is 1.74 bits per heavy atom. The maximum absolute atomic E-state index is 12.0. The third-order valence-corrected chi connectivity index (χ3v) is 4.80. The number of amides is 1. The number of nitrogens with one attached hydrogen (secondary N) is 1. The van der Waals surface area contributed by atoms with E-state index in [4.69, 9.17) is 11.5 Å². The molecule has 0 saturated carbocycles. The standard InChI is InChI=1S/C14H21N5O3S/c15-14(16)18-23(21,22)12-6-4-11(5-7-12)17-13(20)10-19-8-2-1-3-9-19/h4-7H,1-3,8-10H2,(H,17,20)(H4,15,16,18). The predicted octanol–water partition coefficient (Wildman–Crippen LogP) is 0.0731. The SMILES string of the molecule is NC(N)=NS(=O)(=O)c1ccc(NC(=O)CN2CCCCC2)cc1. The second-order valence-corrected chi connectivity index (χ2v) is 7.00. The highest BCUT2D eigenvalue weighted by Gasteiger charge is 2.15. The number of anilines is 1. The summed E-state index contributed by atoms with van der Waals surface area (Å²) in [5.74, 6) is -0.643. The Hall–Kier alpha value is -2.13. The van der Waals surface area contributed by atoms with Gasteiger partial charge in [0.25, 0.3) is 10.0 Å². The van der Waals surface area contributed by atoms with Gasteiger partial charge in [-0.2, -0.15) is 8.42 Å². The van der Waals surface area contributed by atoms with Gasteiger partial charge in [-0.05, 0) is 50.2 Å². The minimum atomic E-state index is -3.91. The Morgan fingerprint density at radius 3 is 2.30 bits per heavy atom. The average molecular weight is 339 g/mol. The Morgan fingerprint density at radius 1 is 1.13 bits per heavy atom. The molecule has 0 aromatic heterocycles. The number of benzene rings is 1. The van der Waals surface area contributed by atoms with Crippen molar-refractivity contribution >= 4 is 27.6 Å². The van der Waals surface area contributed by atoms with Crippen LogP contribution >= 0.6 is 0 Å². The lowest BCUT2D eigenvalue weighted by molar-refractivity contribution is -0.117. The van der Waals surface area contributed by atoms with E-state index >= 15 is 0 Å². The van der Waals surface area contributed by atoms with Crippen LogP contribution in [0.3, 0.4) is 0 Å². The fraction of sp³-hybridized carbons (Fsp3) is 0.429. The minimum absolute atomic E-state index is 0.0417. The van der Waals surface area contributed by atoms with Crippen LogP contribution in [0.1, 0.15) is 19.3 Å². The number of carbonyl (C=O) groups is 1. The van der Waals surface area contributed by atoms with Crippen molar-refractivity contribution in [1.29, 1.82) is 0 Å². The quantitative estimate of drug-likeness (QED) is 0.514. The summed E-state index contributed by atoms with van der Waals surface area (Å²) in [5, 5.41) is 2.75. The van der Waals surface area contributed by atoms with Crippen LogP contribution in [-0.2, 0) is 14.8 Å². The summed E-state index contributed by atoms with van der Waals surface area (Å²) in [7, 11) is -3.91. The highest BCUT2D eigenvalue weighted by Crippen LogP contribution is 2.16. The zero-order valence-electron chi connectivity index (χ0n) is 12.7. The van der Waals surface area contributed by atoms with E-state index < -0.39 is 16.0 Å². The van der Waals surface area contributed by atoms with Crippen LogP contribution in [-0.4, -0.2) is 44.8 Å². The summed E-state index contributed by atoms with van der Waals surface area (Å²) < 4.78 is 26.8. The zero-order chi connectivity index (χ0) is 16.9. The molecule has 5 N–H and O–H groups in total. The fourth-order valence-corrected chi connectivity index (χ4v) is 3.29. The lowest BCUT2D eigenvalue weighted by Gasteiger charge is -2.25. The van der Waals surface area contributed by atoms with Crippen molar-refractivity contribution in [3.8, 4) is 0 Å². The minimum Gasteiger partial charge on any atom is -0.369 e. The molecular weight excluding hydrogens is 318 g/mol. The van der Waals surface area contributed by atoms with Crippen molar-refractivity contribution in [3.05, 3.63) is 24.3 Å². The molecule has 0 spiro atoms. The molecule has 9 heteroatoms. The number of hydrogen-bond acceptors (Lipinski definition) is 4. The van der Waals surface area contributed by atoms with Crippen LogP contribution in [0, 0.1) is 0 Å². The van der Waals surface area contributed by atoms with E-state index in [0.29, 0.717) is 12.2 Å². The van der Waals surface area contributed by atoms with E-state index in [1.807, 2.05) is 0 Å². The number of sulfonamides is 1. The van der Waals surface area contributed by atoms with Crippen molar-refractivity contribution in [2.45, 2.75) is 24.2 Å². The first-order valence-corrected chi connectivity index (χ1v) is 8.79. The summed E-state index contributed by atoms with van der Waals surface area (Å²) in [4.78, 5) is 14.0. The third-order valence-electron chi connectivity index (χ3n) is 3.48. The monoisotopic (exact) mass is 339 g/mol. The zero-order valence-corrected chi connectivity index (χ0v) is 13.6. The van der Waals surface area contributed by atoms with Crippen molar-refractivity contribution < 1.29 is 13.2 Å². The molecule has 0 atom stereocenters. The van der Waals surface area contributed by atoms with Crippen LogP contribution in [0.15, 0.2) is 33.6 Å². The van der Waals surface area contributed by atoms with Gasteiger partial charge in [-0.15, -0.1) is 4.40 Å². The van der Waals surface area contributed by atoms with Gasteiger partial charge < -0.3 is 16.8 Å². The first kappa shape index (κ1) is 17.2. The topological polar surface area (TPSA) is 131 Å². The highest BCUT2D eigenvalue weighted by molar-refractivity contribution is 7.90. The molecule has 1 aromatic rings. The molecule has 1 heterocycles. The maximum atomic E-state index is 12.0. The lowest BCUT2D eigenvalue weighted by atomic mass is 10.1. The van der Waals surface area contributed by atoms with Crippen LogP contribution in [0.4, 0.5) is 5.69 Å². The number of nitrogens with two attached hydrogens (primary N) is 2. The number of hydrogen-bond donors (Lipinski definition) is 3. The largest absolute Gasteiger partial charge is 0.369 e. The second-order valence-electron chi connectivity index (χ2n) is 5.40. The third kappa shape index (κ3) is 5.22. The van der Waals surface area contributed by atoms with Crippen molar-refractivity contribution in [3.63, 3.8) is 0 Å². The molecule has 0 aliphatic carbocycles. The summed E-state index contributed by atoms with van der Waals surface area (Å²) in [5.41, 5.74) is 10.7. The predicted molar refractivity (Wildman–Crippen MR) is 88.4 cm³/mol. The Bertz CT molecular complexity index is 675. The van der Waals surface area contributed by atoms with Crippen molar-refractivity contribution in [1.82, 2.24) is 4.90 Å². The van der Waals surface area contributed by atoms with Gasteiger partial charge in [0.05, 0.1) is 11.4 Å². The van der Waals surface area contributed by atoms with Gasteiger partial charge in [-0.1, -0.05) is 6.42 Å². The molecule has 1 aromatic carbocycles. The number of nitrogens with zero attached hydrogens (tertiary/aromatic N) is 2. The van der Waals surface area contributed by atoms with Crippen LogP contribution in [0.25, 0.3) is 0 Å². The average Bonchev–Trinajstić information content (AvgIpc) is 2.47. The number of likely N-dealkylation sites (tertiary alicyclic amines) is 1. The summed E-state index contributed by atoms with van der Waals surface area (Å²) >= 11 is 0. The van der Waals surface area contributed by atoms with Crippen LogP contribution in [0.2, 0.25) is 0 Å². The van der Waals surface area contributed by atoms with Gasteiger partial charge in [0, 0.05) is 5.69 Å². The van der Waals surface area contributed by atoms with E-state index in [9.17, 15) is 13.2 Å². The normalized spacial score (nSPS) is 15.8. The summed E-state index contributed by atoms with van der Waals surface area (Å²) in [6.07, 6.45) is 3.44. The van der Waals surface area contributed by atoms with Crippen molar-refractivity contribution in [2.24, 2.45) is 15.9 Å². The van der Waals surface area contributed by atoms with E-state index in [0.717, 1.165) is 25.9 Å². The van der Waals surface area contributed by atoms with Gasteiger partial charge in [-0.3, -0.25) is 9.69 Å². The fourth-order valence-electron chi connectivity index (χ4n) is 2.42. The molecular formula is C14H21N5O3S. The maximum Gasteiger partial charge on any atom is 0.285 e. The molecule has 1 aliphatic rings. The number of rotatable bonds is 5. The molecule has 1 saturated heterocycles. The van der Waals surface area contributed by atoms with E-state index in [1.54, 1.807) is 0 Å². The first-order chi connectivity index (χ1) is 10.9. The molecule has 0 radical (unpaired) electrons. The molecule has 0 bridgehead atoms. The number of guanidine groups is 1. The van der Waals surface area contributed by atoms with Gasteiger partial charge in [-0.25, -0.2) is 0 Å². The van der Waals surface area contributed by atoms with Crippen LogP contribution in [0.5, 0.6) is 0 Å². The summed E-state index contributed by atoms with van der Waals surface area (Å²) in [6, 6.07) is 5.70. The Labute approximate surface area is 135 Å². The molecule has 1 fully saturated rings. The Balaban J connectivity index is 1.97. The number of carbonyl (C=O) groups excluding carboxylic acids is 1. The van der Waals surface area contributed by atoms with Crippen LogP contribution < -0.4 is 16.8 Å². The van der Waals surface area contributed by atoms with Gasteiger partial charge in [0.15, 0.2) is 0 Å². The van der Waals surface area contributed by atoms with Crippen molar-refractivity contribution in [2.75, 3.05) is 25.0 Å². The van der Waals surface area contributed by atoms with E-state index in [2.05, 4.69) is 14.6 Å². The van der Waals surface area contributed by atoms with Gasteiger partial charge >= 0.3 is 0 Å².